The van der Waals surface area contributed by atoms with E-state index in [9.17, 15) is 26.4 Å². The van der Waals surface area contributed by atoms with Crippen molar-refractivity contribution in [2.24, 2.45) is 29.6 Å². The summed E-state index contributed by atoms with van der Waals surface area (Å²) in [6.45, 7) is 0. The number of nitrogens with one attached hydrogen (secondary N) is 1. The van der Waals surface area contributed by atoms with Gasteiger partial charge in [0.2, 0.25) is 10.0 Å². The van der Waals surface area contributed by atoms with Crippen molar-refractivity contribution in [1.29, 1.82) is 0 Å². The molecule has 5 saturated carbocycles. The van der Waals surface area contributed by atoms with Gasteiger partial charge in [-0.25, -0.2) is 8.42 Å². The third-order valence-electron chi connectivity index (χ3n) is 8.28. The molecule has 0 aliphatic heterocycles. The van der Waals surface area contributed by atoms with Crippen LogP contribution in [-0.4, -0.2) is 26.1 Å². The lowest BCUT2D eigenvalue weighted by molar-refractivity contribution is -0.275. The number of rotatable bonds is 7. The normalized spacial score (nSPS) is 33.0. The molecule has 0 heterocycles. The molecule has 0 radical (unpaired) electrons. The standard InChI is InChI=1S/C23H28F3NO4S/c24-23(25,26)31-19-4-1-2-5-20(19)32(29,30)27-22(6-3-7-22)21(28)13-18-16-9-14-8-15(11-16)12-17(18)10-14/h1-2,4-5,14-18,27H,3,6-13H2. The van der Waals surface area contributed by atoms with Crippen LogP contribution in [0.3, 0.4) is 0 Å². The second kappa shape index (κ2) is 7.72. The van der Waals surface area contributed by atoms with E-state index in [0.717, 1.165) is 24.0 Å². The Balaban J connectivity index is 1.34. The van der Waals surface area contributed by atoms with E-state index in [1.807, 2.05) is 0 Å². The topological polar surface area (TPSA) is 72.5 Å². The maximum absolute atomic E-state index is 13.4. The third kappa shape index (κ3) is 4.06. The molecule has 32 heavy (non-hydrogen) atoms. The lowest BCUT2D eigenvalue weighted by atomic mass is 9.50. The van der Waals surface area contributed by atoms with E-state index in [1.54, 1.807) is 0 Å². The van der Waals surface area contributed by atoms with E-state index in [1.165, 1.54) is 44.2 Å². The molecular weight excluding hydrogens is 443 g/mol. The van der Waals surface area contributed by atoms with Gasteiger partial charge >= 0.3 is 6.36 Å². The Hall–Kier alpha value is -1.61. The summed E-state index contributed by atoms with van der Waals surface area (Å²) in [5.41, 5.74) is -1.22. The van der Waals surface area contributed by atoms with Crippen LogP contribution < -0.4 is 9.46 Å². The first-order valence-electron chi connectivity index (χ1n) is 11.5. The molecule has 1 aromatic carbocycles. The van der Waals surface area contributed by atoms with Crippen LogP contribution >= 0.6 is 0 Å². The van der Waals surface area contributed by atoms with Crippen molar-refractivity contribution in [3.63, 3.8) is 0 Å². The summed E-state index contributed by atoms with van der Waals surface area (Å²) in [5.74, 6) is 2.05. The predicted octanol–water partition coefficient (Wildman–Crippen LogP) is 4.82. The Labute approximate surface area is 186 Å². The average Bonchev–Trinajstić information content (AvgIpc) is 2.66. The van der Waals surface area contributed by atoms with Gasteiger partial charge in [0, 0.05) is 6.42 Å². The van der Waals surface area contributed by atoms with Crippen LogP contribution in [0.15, 0.2) is 29.2 Å². The van der Waals surface area contributed by atoms with E-state index in [0.29, 0.717) is 43.4 Å². The number of ether oxygens (including phenoxy) is 1. The lowest BCUT2D eigenvalue weighted by Gasteiger charge is -2.55. The van der Waals surface area contributed by atoms with Crippen molar-refractivity contribution in [1.82, 2.24) is 4.72 Å². The third-order valence-corrected chi connectivity index (χ3v) is 9.85. The van der Waals surface area contributed by atoms with Crippen LogP contribution in [0.25, 0.3) is 0 Å². The maximum atomic E-state index is 13.4. The summed E-state index contributed by atoms with van der Waals surface area (Å²) in [7, 11) is -4.38. The van der Waals surface area contributed by atoms with Crippen LogP contribution in [0, 0.1) is 29.6 Å². The van der Waals surface area contributed by atoms with Crippen molar-refractivity contribution < 1.29 is 31.1 Å². The molecule has 1 N–H and O–H groups in total. The number of carbonyl (C=O) groups excluding carboxylic acids is 1. The second-order valence-electron chi connectivity index (χ2n) is 10.3. The van der Waals surface area contributed by atoms with Crippen molar-refractivity contribution >= 4 is 15.8 Å². The molecule has 5 aliphatic rings. The molecule has 0 atom stereocenters. The highest BCUT2D eigenvalue weighted by molar-refractivity contribution is 7.89. The summed E-state index contributed by atoms with van der Waals surface area (Å²) in [6.07, 6.45) is 2.80. The quantitative estimate of drug-likeness (QED) is 0.619. The van der Waals surface area contributed by atoms with Gasteiger partial charge in [0.1, 0.15) is 10.6 Å². The predicted molar refractivity (Wildman–Crippen MR) is 110 cm³/mol. The Morgan fingerprint density at radius 1 is 1.03 bits per heavy atom. The van der Waals surface area contributed by atoms with Crippen molar-refractivity contribution in [3.8, 4) is 5.75 Å². The highest BCUT2D eigenvalue weighted by atomic mass is 32.2. The van der Waals surface area contributed by atoms with Gasteiger partial charge in [-0.3, -0.25) is 4.79 Å². The zero-order valence-corrected chi connectivity index (χ0v) is 18.6. The molecule has 0 aromatic heterocycles. The fraction of sp³-hybridized carbons (Fsp3) is 0.696. The largest absolute Gasteiger partial charge is 0.573 e. The van der Waals surface area contributed by atoms with Crippen LogP contribution in [0.1, 0.15) is 57.8 Å². The minimum absolute atomic E-state index is 0.112. The number of Topliss-reactive ketones (excluding diaryl/α,β-unsaturated/α-hetero) is 1. The van der Waals surface area contributed by atoms with Crippen LogP contribution in [-0.2, 0) is 14.8 Å². The first-order valence-corrected chi connectivity index (χ1v) is 12.9. The van der Waals surface area contributed by atoms with Gasteiger partial charge in [0.05, 0.1) is 5.54 Å². The van der Waals surface area contributed by atoms with Crippen LogP contribution in [0.4, 0.5) is 13.2 Å². The minimum atomic E-state index is -5.02. The number of ketones is 1. The van der Waals surface area contributed by atoms with Crippen LogP contribution in [0.5, 0.6) is 5.75 Å². The molecule has 5 fully saturated rings. The second-order valence-corrected chi connectivity index (χ2v) is 11.9. The van der Waals surface area contributed by atoms with Gasteiger partial charge in [-0.05, 0) is 93.1 Å². The zero-order chi connectivity index (χ0) is 22.7. The fourth-order valence-electron chi connectivity index (χ4n) is 6.94. The summed E-state index contributed by atoms with van der Waals surface area (Å²) in [5, 5.41) is 0. The molecule has 0 amide bonds. The van der Waals surface area contributed by atoms with Gasteiger partial charge in [-0.2, -0.15) is 4.72 Å². The number of benzene rings is 1. The molecular formula is C23H28F3NO4S. The Morgan fingerprint density at radius 2 is 1.62 bits per heavy atom. The van der Waals surface area contributed by atoms with Crippen LogP contribution in [0.2, 0.25) is 0 Å². The summed E-state index contributed by atoms with van der Waals surface area (Å²) in [4.78, 5) is 12.8. The van der Waals surface area contributed by atoms with Gasteiger partial charge in [0.25, 0.3) is 0 Å². The zero-order valence-electron chi connectivity index (χ0n) is 17.7. The van der Waals surface area contributed by atoms with E-state index < -0.39 is 32.6 Å². The molecule has 6 rings (SSSR count). The summed E-state index contributed by atoms with van der Waals surface area (Å²) in [6, 6.07) is 4.64. The van der Waals surface area contributed by atoms with E-state index in [-0.39, 0.29) is 5.78 Å². The highest BCUT2D eigenvalue weighted by Crippen LogP contribution is 2.58. The van der Waals surface area contributed by atoms with Gasteiger partial charge in [-0.15, -0.1) is 13.2 Å². The molecule has 5 nitrogen and oxygen atoms in total. The van der Waals surface area contributed by atoms with E-state index in [4.69, 9.17) is 0 Å². The van der Waals surface area contributed by atoms with Crippen molar-refractivity contribution in [3.05, 3.63) is 24.3 Å². The minimum Gasteiger partial charge on any atom is -0.404 e. The number of sulfonamides is 1. The fourth-order valence-corrected chi connectivity index (χ4v) is 8.52. The van der Waals surface area contributed by atoms with Gasteiger partial charge < -0.3 is 4.74 Å². The summed E-state index contributed by atoms with van der Waals surface area (Å²) >= 11 is 0. The Kier molecular flexibility index (Phi) is 5.36. The molecule has 4 bridgehead atoms. The maximum Gasteiger partial charge on any atom is 0.573 e. The van der Waals surface area contributed by atoms with E-state index >= 15 is 0 Å². The summed E-state index contributed by atoms with van der Waals surface area (Å²) < 4.78 is 70.9. The molecule has 0 spiro atoms. The Morgan fingerprint density at radius 3 is 2.16 bits per heavy atom. The number of hydrogen-bond donors (Lipinski definition) is 1. The number of hydrogen-bond acceptors (Lipinski definition) is 4. The van der Waals surface area contributed by atoms with Gasteiger partial charge in [-0.1, -0.05) is 12.1 Å². The monoisotopic (exact) mass is 471 g/mol. The molecule has 1 aromatic rings. The number of para-hydroxylation sites is 1. The first kappa shape index (κ1) is 22.2. The smallest absolute Gasteiger partial charge is 0.404 e. The van der Waals surface area contributed by atoms with Gasteiger partial charge in [0.15, 0.2) is 5.78 Å². The SMILES string of the molecule is O=C(CC1C2CC3CC(C2)CC1C3)C1(NS(=O)(=O)c2ccccc2OC(F)(F)F)CCC1. The molecule has 0 saturated heterocycles. The van der Waals surface area contributed by atoms with Crippen molar-refractivity contribution in [2.75, 3.05) is 0 Å². The number of alkyl halides is 3. The molecule has 0 unspecified atom stereocenters. The lowest BCUT2D eigenvalue weighted by Crippen LogP contribution is -2.60. The van der Waals surface area contributed by atoms with Crippen molar-refractivity contribution in [2.45, 2.75) is 74.6 Å². The molecule has 176 valence electrons. The highest BCUT2D eigenvalue weighted by Gasteiger charge is 2.52. The number of halogens is 3. The number of carbonyl (C=O) groups is 1. The molecule has 9 heteroatoms. The first-order chi connectivity index (χ1) is 15.0. The average molecular weight is 472 g/mol. The Bertz CT molecular complexity index is 975. The molecule has 5 aliphatic carbocycles. The van der Waals surface area contributed by atoms with E-state index in [2.05, 4.69) is 9.46 Å².